The first-order valence-electron chi connectivity index (χ1n) is 5.56. The highest BCUT2D eigenvalue weighted by atomic mass is 16.2. The first-order chi connectivity index (χ1) is 7.06. The Labute approximate surface area is 92.0 Å². The fourth-order valence-corrected chi connectivity index (χ4v) is 1.47. The molecule has 4 nitrogen and oxygen atoms in total. The van der Waals surface area contributed by atoms with Crippen molar-refractivity contribution in [2.45, 2.75) is 33.6 Å². The second-order valence-corrected chi connectivity index (χ2v) is 3.72. The third-order valence-electron chi connectivity index (χ3n) is 2.45. The molecule has 15 heavy (non-hydrogen) atoms. The average molecular weight is 214 g/mol. The van der Waals surface area contributed by atoms with Gasteiger partial charge in [0.1, 0.15) is 0 Å². The van der Waals surface area contributed by atoms with E-state index in [1.165, 1.54) is 0 Å². The standard InChI is InChI=1S/C11H22N2O2/c1-5-7-9(3)11(15)13(6-2)8-10(14)12-4/h9H,5-8H2,1-4H3,(H,12,14)/t9-/m0/s1. The molecule has 0 aliphatic heterocycles. The molecule has 4 heteroatoms. The Morgan fingerprint density at radius 3 is 2.33 bits per heavy atom. The Bertz CT molecular complexity index is 217. The molecule has 0 bridgehead atoms. The fourth-order valence-electron chi connectivity index (χ4n) is 1.47. The van der Waals surface area contributed by atoms with Crippen LogP contribution in [0.5, 0.6) is 0 Å². The first-order valence-corrected chi connectivity index (χ1v) is 5.56. The minimum Gasteiger partial charge on any atom is -0.358 e. The van der Waals surface area contributed by atoms with Gasteiger partial charge in [0, 0.05) is 19.5 Å². The van der Waals surface area contributed by atoms with Gasteiger partial charge in [0.2, 0.25) is 11.8 Å². The van der Waals surface area contributed by atoms with Gasteiger partial charge in [-0.25, -0.2) is 0 Å². The number of carbonyl (C=O) groups excluding carboxylic acids is 2. The molecule has 0 aromatic carbocycles. The Morgan fingerprint density at radius 1 is 1.33 bits per heavy atom. The summed E-state index contributed by atoms with van der Waals surface area (Å²) in [5.74, 6) is -0.0311. The van der Waals surface area contributed by atoms with Crippen molar-refractivity contribution in [3.8, 4) is 0 Å². The number of hydrogen-bond donors (Lipinski definition) is 1. The zero-order chi connectivity index (χ0) is 11.8. The molecule has 0 aromatic heterocycles. The summed E-state index contributed by atoms with van der Waals surface area (Å²) in [6, 6.07) is 0. The predicted octanol–water partition coefficient (Wildman–Crippen LogP) is 1.02. The normalized spacial score (nSPS) is 12.0. The number of nitrogens with zero attached hydrogens (tertiary/aromatic N) is 1. The number of rotatable bonds is 6. The van der Waals surface area contributed by atoms with Crippen LogP contribution in [0.15, 0.2) is 0 Å². The van der Waals surface area contributed by atoms with Gasteiger partial charge in [0.15, 0.2) is 0 Å². The summed E-state index contributed by atoms with van der Waals surface area (Å²) in [7, 11) is 1.58. The van der Waals surface area contributed by atoms with Gasteiger partial charge in [0.25, 0.3) is 0 Å². The summed E-state index contributed by atoms with van der Waals surface area (Å²) in [6.45, 7) is 6.61. The summed E-state index contributed by atoms with van der Waals surface area (Å²) in [4.78, 5) is 24.6. The highest BCUT2D eigenvalue weighted by Crippen LogP contribution is 2.09. The quantitative estimate of drug-likeness (QED) is 0.717. The molecular weight excluding hydrogens is 192 g/mol. The Morgan fingerprint density at radius 2 is 1.93 bits per heavy atom. The van der Waals surface area contributed by atoms with Crippen LogP contribution in [0.3, 0.4) is 0 Å². The van der Waals surface area contributed by atoms with Crippen LogP contribution in [0.4, 0.5) is 0 Å². The molecule has 0 saturated carbocycles. The van der Waals surface area contributed by atoms with E-state index in [-0.39, 0.29) is 24.3 Å². The van der Waals surface area contributed by atoms with E-state index in [9.17, 15) is 9.59 Å². The molecule has 0 unspecified atom stereocenters. The van der Waals surface area contributed by atoms with Crippen LogP contribution in [0.1, 0.15) is 33.6 Å². The lowest BCUT2D eigenvalue weighted by Gasteiger charge is -2.23. The Kier molecular flexibility index (Phi) is 6.75. The summed E-state index contributed by atoms with van der Waals surface area (Å²) < 4.78 is 0. The molecule has 0 aliphatic rings. The fraction of sp³-hybridized carbons (Fsp3) is 0.818. The van der Waals surface area contributed by atoms with Crippen molar-refractivity contribution < 1.29 is 9.59 Å². The van der Waals surface area contributed by atoms with Crippen molar-refractivity contribution in [2.24, 2.45) is 5.92 Å². The average Bonchev–Trinajstić information content (AvgIpc) is 2.24. The Hall–Kier alpha value is -1.06. The van der Waals surface area contributed by atoms with E-state index in [0.717, 1.165) is 12.8 Å². The molecule has 0 aromatic rings. The van der Waals surface area contributed by atoms with Crippen LogP contribution in [0.25, 0.3) is 0 Å². The number of likely N-dealkylation sites (N-methyl/N-ethyl adjacent to an activating group) is 2. The maximum atomic E-state index is 11.9. The maximum absolute atomic E-state index is 11.9. The lowest BCUT2D eigenvalue weighted by atomic mass is 10.0. The van der Waals surface area contributed by atoms with Gasteiger partial charge in [-0.05, 0) is 13.3 Å². The smallest absolute Gasteiger partial charge is 0.239 e. The van der Waals surface area contributed by atoms with Crippen LogP contribution in [-0.2, 0) is 9.59 Å². The van der Waals surface area contributed by atoms with E-state index in [1.807, 2.05) is 13.8 Å². The van der Waals surface area contributed by atoms with E-state index in [4.69, 9.17) is 0 Å². The van der Waals surface area contributed by atoms with E-state index in [2.05, 4.69) is 12.2 Å². The summed E-state index contributed by atoms with van der Waals surface area (Å²) >= 11 is 0. The third kappa shape index (κ3) is 4.81. The van der Waals surface area contributed by atoms with Crippen molar-refractivity contribution in [3.63, 3.8) is 0 Å². The molecular formula is C11H22N2O2. The number of hydrogen-bond acceptors (Lipinski definition) is 2. The minimum atomic E-state index is -0.117. The van der Waals surface area contributed by atoms with Crippen molar-refractivity contribution >= 4 is 11.8 Å². The van der Waals surface area contributed by atoms with Gasteiger partial charge in [-0.1, -0.05) is 20.3 Å². The molecule has 88 valence electrons. The van der Waals surface area contributed by atoms with Crippen LogP contribution in [-0.4, -0.2) is 36.9 Å². The summed E-state index contributed by atoms with van der Waals surface area (Å²) in [6.07, 6.45) is 1.87. The highest BCUT2D eigenvalue weighted by Gasteiger charge is 2.19. The minimum absolute atomic E-state index is 0.0135. The molecule has 1 atom stereocenters. The summed E-state index contributed by atoms with van der Waals surface area (Å²) in [5, 5.41) is 2.52. The number of nitrogens with one attached hydrogen (secondary N) is 1. The van der Waals surface area contributed by atoms with E-state index in [0.29, 0.717) is 6.54 Å². The van der Waals surface area contributed by atoms with Crippen LogP contribution < -0.4 is 5.32 Å². The van der Waals surface area contributed by atoms with E-state index >= 15 is 0 Å². The molecule has 2 amide bonds. The molecule has 0 fully saturated rings. The van der Waals surface area contributed by atoms with Gasteiger partial charge in [-0.3, -0.25) is 9.59 Å². The molecule has 1 N–H and O–H groups in total. The second-order valence-electron chi connectivity index (χ2n) is 3.72. The monoisotopic (exact) mass is 214 g/mol. The number of amides is 2. The number of carbonyl (C=O) groups is 2. The predicted molar refractivity (Wildman–Crippen MR) is 60.4 cm³/mol. The SMILES string of the molecule is CCC[C@H](C)C(=O)N(CC)CC(=O)NC. The molecule has 0 rings (SSSR count). The lowest BCUT2D eigenvalue weighted by molar-refractivity contribution is -0.138. The topological polar surface area (TPSA) is 49.4 Å². The zero-order valence-electron chi connectivity index (χ0n) is 10.2. The van der Waals surface area contributed by atoms with Crippen molar-refractivity contribution in [1.82, 2.24) is 10.2 Å². The lowest BCUT2D eigenvalue weighted by Crippen LogP contribution is -2.41. The van der Waals surface area contributed by atoms with Crippen molar-refractivity contribution in [2.75, 3.05) is 20.1 Å². The Balaban J connectivity index is 4.27. The van der Waals surface area contributed by atoms with Crippen LogP contribution in [0, 0.1) is 5.92 Å². The van der Waals surface area contributed by atoms with Gasteiger partial charge < -0.3 is 10.2 Å². The molecule has 0 radical (unpaired) electrons. The molecule has 0 heterocycles. The molecule has 0 aliphatic carbocycles. The van der Waals surface area contributed by atoms with Gasteiger partial charge >= 0.3 is 0 Å². The maximum Gasteiger partial charge on any atom is 0.239 e. The van der Waals surface area contributed by atoms with Crippen molar-refractivity contribution in [1.29, 1.82) is 0 Å². The second kappa shape index (κ2) is 7.26. The van der Waals surface area contributed by atoms with Crippen LogP contribution >= 0.6 is 0 Å². The molecule has 0 spiro atoms. The van der Waals surface area contributed by atoms with Gasteiger partial charge in [-0.15, -0.1) is 0 Å². The van der Waals surface area contributed by atoms with Crippen molar-refractivity contribution in [3.05, 3.63) is 0 Å². The van der Waals surface area contributed by atoms with Gasteiger partial charge in [-0.2, -0.15) is 0 Å². The van der Waals surface area contributed by atoms with E-state index in [1.54, 1.807) is 11.9 Å². The first kappa shape index (κ1) is 13.9. The largest absolute Gasteiger partial charge is 0.358 e. The van der Waals surface area contributed by atoms with E-state index < -0.39 is 0 Å². The zero-order valence-corrected chi connectivity index (χ0v) is 10.2. The summed E-state index contributed by atoms with van der Waals surface area (Å²) in [5.41, 5.74) is 0. The highest BCUT2D eigenvalue weighted by molar-refractivity contribution is 5.85. The molecule has 0 saturated heterocycles. The third-order valence-corrected chi connectivity index (χ3v) is 2.45. The van der Waals surface area contributed by atoms with Crippen LogP contribution in [0.2, 0.25) is 0 Å². The van der Waals surface area contributed by atoms with Gasteiger partial charge in [0.05, 0.1) is 6.54 Å².